The molecule has 190 valence electrons. The van der Waals surface area contributed by atoms with Crippen LogP contribution in [0.3, 0.4) is 0 Å². The summed E-state index contributed by atoms with van der Waals surface area (Å²) < 4.78 is 34.6. The van der Waals surface area contributed by atoms with Gasteiger partial charge in [-0.05, 0) is 61.1 Å². The number of hydrogen-bond donors (Lipinski definition) is 0. The van der Waals surface area contributed by atoms with Crippen LogP contribution >= 0.6 is 0 Å². The summed E-state index contributed by atoms with van der Waals surface area (Å²) in [5.74, 6) is 0. The number of fused-ring (bicyclic) bond motifs is 1. The first kappa shape index (κ1) is 24.2. The van der Waals surface area contributed by atoms with Crippen molar-refractivity contribution in [2.24, 2.45) is 0 Å². The van der Waals surface area contributed by atoms with E-state index in [-0.39, 0.29) is 4.90 Å². The highest BCUT2D eigenvalue weighted by Crippen LogP contribution is 2.38. The average Bonchev–Trinajstić information content (AvgIpc) is 3.78. The van der Waals surface area contributed by atoms with Crippen molar-refractivity contribution >= 4 is 27.2 Å². The third-order valence-electron chi connectivity index (χ3n) is 7.79. The molecule has 2 saturated heterocycles. The van der Waals surface area contributed by atoms with Crippen LogP contribution in [0.2, 0.25) is 0 Å². The Morgan fingerprint density at radius 3 is 2.46 bits per heavy atom. The van der Waals surface area contributed by atoms with Crippen molar-refractivity contribution in [1.29, 1.82) is 5.26 Å². The number of piperidine rings is 1. The van der Waals surface area contributed by atoms with Crippen molar-refractivity contribution in [1.82, 2.24) is 14.2 Å². The molecule has 2 aromatic carbocycles. The molecule has 3 aromatic rings. The van der Waals surface area contributed by atoms with Gasteiger partial charge in [0.1, 0.15) is 18.5 Å². The summed E-state index contributed by atoms with van der Waals surface area (Å²) in [6.45, 7) is 2.14. The summed E-state index contributed by atoms with van der Waals surface area (Å²) in [7, 11) is -3.64. The van der Waals surface area contributed by atoms with Crippen molar-refractivity contribution in [3.63, 3.8) is 0 Å². The Bertz CT molecular complexity index is 1490. The Morgan fingerprint density at radius 1 is 1.05 bits per heavy atom. The smallest absolute Gasteiger partial charge is 0.243 e. The highest BCUT2D eigenvalue weighted by Gasteiger charge is 2.47. The normalized spacial score (nSPS) is 22.6. The minimum Gasteiger partial charge on any atom is -0.362 e. The van der Waals surface area contributed by atoms with Gasteiger partial charge in [-0.1, -0.05) is 24.3 Å². The van der Waals surface area contributed by atoms with E-state index in [1.54, 1.807) is 24.4 Å². The van der Waals surface area contributed by atoms with E-state index in [0.717, 1.165) is 47.7 Å². The number of ether oxygens (including phenoxy) is 1. The highest BCUT2D eigenvalue weighted by atomic mass is 32.2. The minimum absolute atomic E-state index is 0.264. The number of aldehydes is 1. The van der Waals surface area contributed by atoms with Crippen molar-refractivity contribution in [3.8, 4) is 17.2 Å². The number of carbonyl (C=O) groups excluding carboxylic acids is 1. The Labute approximate surface area is 216 Å². The minimum atomic E-state index is -3.64. The second-order valence-corrected chi connectivity index (χ2v) is 12.2. The molecule has 1 unspecified atom stereocenters. The van der Waals surface area contributed by atoms with Gasteiger partial charge >= 0.3 is 0 Å². The maximum Gasteiger partial charge on any atom is 0.243 e. The van der Waals surface area contributed by atoms with Gasteiger partial charge in [0.05, 0.1) is 21.6 Å². The fourth-order valence-corrected chi connectivity index (χ4v) is 7.03. The molecule has 1 atom stereocenters. The van der Waals surface area contributed by atoms with Gasteiger partial charge < -0.3 is 9.53 Å². The molecule has 6 rings (SSSR count). The van der Waals surface area contributed by atoms with E-state index in [9.17, 15) is 13.2 Å². The number of nitrogens with zero attached hydrogens (tertiary/aromatic N) is 4. The van der Waals surface area contributed by atoms with E-state index in [1.807, 2.05) is 30.3 Å². The van der Waals surface area contributed by atoms with Crippen molar-refractivity contribution in [2.45, 2.75) is 48.3 Å². The van der Waals surface area contributed by atoms with Crippen LogP contribution in [0.1, 0.15) is 31.2 Å². The molecule has 8 nitrogen and oxygen atoms in total. The standard InChI is InChI=1S/C28H28N4O4S/c29-15-20-13-23-2-1-22(14-27(23)30-16-20)21-3-7-26(8-4-21)37(34,35)32-11-9-28(10-12-32)19-31(24-5-6-24)17-25(18-33)36-28/h1-4,7-8,13-14,16,18,24-25H,5-6,9-12,17,19H2. The number of aromatic nitrogens is 1. The van der Waals surface area contributed by atoms with Gasteiger partial charge in [0.25, 0.3) is 0 Å². The fourth-order valence-electron chi connectivity index (χ4n) is 5.59. The summed E-state index contributed by atoms with van der Waals surface area (Å²) in [5, 5.41) is 9.95. The summed E-state index contributed by atoms with van der Waals surface area (Å²) in [6, 6.07) is 17.2. The Morgan fingerprint density at radius 2 is 1.78 bits per heavy atom. The van der Waals surface area contributed by atoms with Gasteiger partial charge in [-0.15, -0.1) is 0 Å². The zero-order chi connectivity index (χ0) is 25.6. The number of sulfonamides is 1. The molecule has 0 amide bonds. The Hall–Kier alpha value is -3.16. The maximum atomic E-state index is 13.4. The Kier molecular flexibility index (Phi) is 6.08. The third kappa shape index (κ3) is 4.66. The van der Waals surface area contributed by atoms with E-state index < -0.39 is 21.7 Å². The summed E-state index contributed by atoms with van der Waals surface area (Å²) in [6.07, 6.45) is 5.47. The van der Waals surface area contributed by atoms with E-state index >= 15 is 0 Å². The predicted octanol–water partition coefficient (Wildman–Crippen LogP) is 3.36. The molecule has 37 heavy (non-hydrogen) atoms. The Balaban J connectivity index is 1.17. The zero-order valence-corrected chi connectivity index (χ0v) is 21.2. The van der Waals surface area contributed by atoms with Crippen LogP contribution in [0, 0.1) is 11.3 Å². The molecule has 9 heteroatoms. The van der Waals surface area contributed by atoms with Crippen LogP contribution in [-0.4, -0.2) is 72.8 Å². The molecule has 0 radical (unpaired) electrons. The summed E-state index contributed by atoms with van der Waals surface area (Å²) in [4.78, 5) is 18.5. The number of pyridine rings is 1. The number of benzene rings is 2. The van der Waals surface area contributed by atoms with E-state index in [2.05, 4.69) is 16.0 Å². The predicted molar refractivity (Wildman–Crippen MR) is 138 cm³/mol. The lowest BCUT2D eigenvalue weighted by atomic mass is 9.89. The number of nitriles is 1. The lowest BCUT2D eigenvalue weighted by Gasteiger charge is -2.49. The van der Waals surface area contributed by atoms with Gasteiger partial charge in [0, 0.05) is 43.8 Å². The van der Waals surface area contributed by atoms with Crippen LogP contribution in [0.25, 0.3) is 22.0 Å². The largest absolute Gasteiger partial charge is 0.362 e. The molecule has 3 fully saturated rings. The van der Waals surface area contributed by atoms with E-state index in [1.165, 1.54) is 4.31 Å². The molecule has 1 aromatic heterocycles. The quantitative estimate of drug-likeness (QED) is 0.479. The van der Waals surface area contributed by atoms with Crippen molar-refractivity contribution in [3.05, 3.63) is 60.3 Å². The third-order valence-corrected chi connectivity index (χ3v) is 9.71. The second kappa shape index (κ2) is 9.30. The zero-order valence-electron chi connectivity index (χ0n) is 20.4. The molecule has 0 bridgehead atoms. The SMILES string of the molecule is N#Cc1cnc2cc(-c3ccc(S(=O)(=O)N4CCC5(CC4)CN(C4CC4)CC(C=O)O5)cc3)ccc2c1. The van der Waals surface area contributed by atoms with Crippen molar-refractivity contribution in [2.75, 3.05) is 26.2 Å². The molecular weight excluding hydrogens is 488 g/mol. The number of carbonyl (C=O) groups is 1. The van der Waals surface area contributed by atoms with Crippen LogP contribution in [-0.2, 0) is 19.6 Å². The van der Waals surface area contributed by atoms with Gasteiger partial charge in [0.15, 0.2) is 0 Å². The van der Waals surface area contributed by atoms with Gasteiger partial charge in [-0.2, -0.15) is 9.57 Å². The fraction of sp³-hybridized carbons (Fsp3) is 0.393. The first-order chi connectivity index (χ1) is 17.9. The maximum absolute atomic E-state index is 13.4. The number of rotatable bonds is 5. The first-order valence-corrected chi connectivity index (χ1v) is 14.1. The molecule has 3 aliphatic rings. The molecule has 2 aliphatic heterocycles. The van der Waals surface area contributed by atoms with Crippen molar-refractivity contribution < 1.29 is 17.9 Å². The molecule has 1 saturated carbocycles. The first-order valence-electron chi connectivity index (χ1n) is 12.7. The van der Waals surface area contributed by atoms with Gasteiger partial charge in [-0.3, -0.25) is 9.88 Å². The summed E-state index contributed by atoms with van der Waals surface area (Å²) >= 11 is 0. The number of morpholine rings is 1. The topological polar surface area (TPSA) is 104 Å². The second-order valence-electron chi connectivity index (χ2n) is 10.3. The van der Waals surface area contributed by atoms with Crippen LogP contribution in [0.5, 0.6) is 0 Å². The van der Waals surface area contributed by atoms with Gasteiger partial charge in [-0.25, -0.2) is 8.42 Å². The molecule has 1 spiro atoms. The molecular formula is C28H28N4O4S. The molecule has 0 N–H and O–H groups in total. The van der Waals surface area contributed by atoms with E-state index in [0.29, 0.717) is 44.1 Å². The molecule has 3 heterocycles. The van der Waals surface area contributed by atoms with Gasteiger partial charge in [0.2, 0.25) is 10.0 Å². The van der Waals surface area contributed by atoms with Crippen LogP contribution in [0.4, 0.5) is 0 Å². The summed E-state index contributed by atoms with van der Waals surface area (Å²) in [5.41, 5.74) is 2.64. The molecule has 1 aliphatic carbocycles. The highest BCUT2D eigenvalue weighted by molar-refractivity contribution is 7.89. The monoisotopic (exact) mass is 516 g/mol. The lowest BCUT2D eigenvalue weighted by molar-refractivity contribution is -0.174. The lowest BCUT2D eigenvalue weighted by Crippen LogP contribution is -2.60. The van der Waals surface area contributed by atoms with Crippen LogP contribution in [0.15, 0.2) is 59.6 Å². The van der Waals surface area contributed by atoms with Crippen LogP contribution < -0.4 is 0 Å². The van der Waals surface area contributed by atoms with E-state index in [4.69, 9.17) is 10.00 Å². The number of hydrogen-bond acceptors (Lipinski definition) is 7. The average molecular weight is 517 g/mol.